The van der Waals surface area contributed by atoms with Gasteiger partial charge in [-0.3, -0.25) is 29.1 Å². The Bertz CT molecular complexity index is 1320. The van der Waals surface area contributed by atoms with Gasteiger partial charge < -0.3 is 25.8 Å². The van der Waals surface area contributed by atoms with Crippen LogP contribution in [-0.2, 0) is 35.3 Å². The standard InChI is InChI=1S/C22H23N7O7S3.Na/c1-35-27-14(30)8-36-28-15(12-9-39-22(23)25-12)18(31)26-16-19(32)29-17(21(33)34)13(10-38-20(16)29)37-7-5-11-4-2-3-6-24-11;/h2-4,6,9,16,20H,5,7-8,10H2,1H3,(H2,23,25)(H,26,31)(H,27,30)(H,33,34);/q;+1/p-1/b28-15-;/t16-,20-;/m1./s1. The third kappa shape index (κ3) is 7.54. The summed E-state index contributed by atoms with van der Waals surface area (Å²) in [7, 11) is 1.24. The number of nitrogen functional groups attached to an aromatic ring is 1. The summed E-state index contributed by atoms with van der Waals surface area (Å²) in [5.74, 6) is -2.67. The summed E-state index contributed by atoms with van der Waals surface area (Å²) in [4.78, 5) is 68.9. The van der Waals surface area contributed by atoms with Crippen molar-refractivity contribution < 1.29 is 63.5 Å². The van der Waals surface area contributed by atoms with Crippen LogP contribution in [0.4, 0.5) is 5.13 Å². The van der Waals surface area contributed by atoms with Crippen molar-refractivity contribution in [3.8, 4) is 0 Å². The van der Waals surface area contributed by atoms with E-state index in [1.54, 1.807) is 6.20 Å². The number of oxime groups is 1. The first-order valence-electron chi connectivity index (χ1n) is 11.3. The molecule has 0 aromatic carbocycles. The van der Waals surface area contributed by atoms with E-state index in [1.807, 2.05) is 23.7 Å². The molecule has 0 spiro atoms. The zero-order chi connectivity index (χ0) is 27.9. The maximum absolute atomic E-state index is 13.1. The Morgan fingerprint density at radius 2 is 2.15 bits per heavy atom. The van der Waals surface area contributed by atoms with E-state index >= 15 is 0 Å². The molecule has 1 saturated heterocycles. The second-order valence-electron chi connectivity index (χ2n) is 7.85. The molecule has 0 unspecified atom stereocenters. The molecule has 1 fully saturated rings. The molecule has 2 aromatic rings. The second kappa shape index (κ2) is 14.8. The number of nitrogens with zero attached hydrogens (tertiary/aromatic N) is 4. The largest absolute Gasteiger partial charge is 1.00 e. The number of carboxylic acids is 1. The Hall–Kier alpha value is -2.67. The monoisotopic (exact) mass is 615 g/mol. The Morgan fingerprint density at radius 3 is 2.80 bits per heavy atom. The molecule has 2 atom stereocenters. The number of anilines is 1. The minimum absolute atomic E-state index is 0. The van der Waals surface area contributed by atoms with Crippen LogP contribution in [0.25, 0.3) is 0 Å². The summed E-state index contributed by atoms with van der Waals surface area (Å²) in [5, 5.41) is 19.2. The normalized spacial score (nSPS) is 18.3. The number of aromatic nitrogens is 2. The van der Waals surface area contributed by atoms with Crippen molar-refractivity contribution in [3.63, 3.8) is 0 Å². The van der Waals surface area contributed by atoms with Crippen LogP contribution in [0.2, 0.25) is 0 Å². The number of aryl methyl sites for hydroxylation is 1. The fourth-order valence-corrected chi connectivity index (χ4v) is 6.78. The number of aliphatic carboxylic acids is 1. The van der Waals surface area contributed by atoms with Crippen LogP contribution in [0.1, 0.15) is 11.4 Å². The van der Waals surface area contributed by atoms with E-state index in [9.17, 15) is 24.3 Å². The number of hydroxylamine groups is 1. The summed E-state index contributed by atoms with van der Waals surface area (Å²) < 4.78 is 0. The summed E-state index contributed by atoms with van der Waals surface area (Å²) in [6, 6.07) is 4.53. The summed E-state index contributed by atoms with van der Waals surface area (Å²) >= 11 is 3.69. The first kappa shape index (κ1) is 31.9. The fourth-order valence-electron chi connectivity index (χ4n) is 3.63. The molecule has 0 aliphatic carbocycles. The number of nitrogens with one attached hydrogen (secondary N) is 2. The molecule has 3 amide bonds. The van der Waals surface area contributed by atoms with Gasteiger partial charge in [-0.2, -0.15) is 0 Å². The average molecular weight is 616 g/mol. The Morgan fingerprint density at radius 1 is 1.35 bits per heavy atom. The van der Waals surface area contributed by atoms with Gasteiger partial charge in [-0.25, -0.2) is 10.5 Å². The smallest absolute Gasteiger partial charge is 0.543 e. The van der Waals surface area contributed by atoms with Gasteiger partial charge in [0.05, 0.1) is 18.8 Å². The van der Waals surface area contributed by atoms with E-state index in [0.29, 0.717) is 22.8 Å². The minimum atomic E-state index is -1.47. The number of nitrogens with two attached hydrogens (primary N) is 1. The van der Waals surface area contributed by atoms with Crippen LogP contribution in [0.5, 0.6) is 0 Å². The van der Waals surface area contributed by atoms with Crippen molar-refractivity contribution >= 4 is 69.4 Å². The molecule has 0 saturated carbocycles. The van der Waals surface area contributed by atoms with Gasteiger partial charge in [0.15, 0.2) is 17.5 Å². The van der Waals surface area contributed by atoms with Crippen molar-refractivity contribution in [2.75, 3.05) is 31.0 Å². The molecule has 4 N–H and O–H groups in total. The van der Waals surface area contributed by atoms with Crippen LogP contribution in [0.3, 0.4) is 0 Å². The fraction of sp³-hybridized carbons (Fsp3) is 0.318. The number of pyridine rings is 1. The van der Waals surface area contributed by atoms with E-state index in [4.69, 9.17) is 10.6 Å². The van der Waals surface area contributed by atoms with Gasteiger partial charge in [0, 0.05) is 33.7 Å². The number of carbonyl (C=O) groups excluding carboxylic acids is 4. The minimum Gasteiger partial charge on any atom is -0.543 e. The van der Waals surface area contributed by atoms with Gasteiger partial charge in [-0.1, -0.05) is 11.2 Å². The second-order valence-corrected chi connectivity index (χ2v) is 11.0. The summed E-state index contributed by atoms with van der Waals surface area (Å²) in [6.45, 7) is -0.556. The van der Waals surface area contributed by atoms with Gasteiger partial charge in [0.2, 0.25) is 0 Å². The number of thiazole rings is 1. The van der Waals surface area contributed by atoms with Crippen LogP contribution < -0.4 is 51.2 Å². The molecule has 0 bridgehead atoms. The zero-order valence-electron chi connectivity index (χ0n) is 21.3. The first-order valence-corrected chi connectivity index (χ1v) is 14.2. The molecule has 4 rings (SSSR count). The molecule has 4 heterocycles. The average Bonchev–Trinajstić information content (AvgIpc) is 3.35. The van der Waals surface area contributed by atoms with Crippen LogP contribution in [0.15, 0.2) is 45.5 Å². The van der Waals surface area contributed by atoms with Crippen molar-refractivity contribution in [3.05, 3.63) is 51.8 Å². The van der Waals surface area contributed by atoms with Gasteiger partial charge in [-0.05, 0) is 18.6 Å². The van der Waals surface area contributed by atoms with Crippen LogP contribution in [-0.4, -0.2) is 80.9 Å². The van der Waals surface area contributed by atoms with Gasteiger partial charge in [-0.15, -0.1) is 34.9 Å². The number of hydrogen-bond acceptors (Lipinski definition) is 14. The van der Waals surface area contributed by atoms with Crippen LogP contribution in [0, 0.1) is 0 Å². The van der Waals surface area contributed by atoms with Gasteiger partial charge in [0.25, 0.3) is 17.7 Å². The maximum atomic E-state index is 13.1. The number of rotatable bonds is 12. The molecular weight excluding hydrogens is 593 g/mol. The molecule has 14 nitrogen and oxygen atoms in total. The van der Waals surface area contributed by atoms with Crippen molar-refractivity contribution in [1.29, 1.82) is 0 Å². The van der Waals surface area contributed by atoms with E-state index in [0.717, 1.165) is 21.9 Å². The number of fused-ring (bicyclic) bond motifs is 1. The molecular formula is C22H22N7NaO7S3. The molecule has 2 aromatic heterocycles. The van der Waals surface area contributed by atoms with Crippen molar-refractivity contribution in [1.82, 2.24) is 25.7 Å². The van der Waals surface area contributed by atoms with Crippen molar-refractivity contribution in [2.45, 2.75) is 17.8 Å². The SMILES string of the molecule is CONC(=O)CO/N=C(\C(=O)N[C@@H]1C(=O)N2C(C(=O)[O-])=C(SCCc3ccccn3)CS[C@H]12)c1csc(N)n1.[Na+]. The van der Waals surface area contributed by atoms with Gasteiger partial charge >= 0.3 is 29.6 Å². The summed E-state index contributed by atoms with van der Waals surface area (Å²) in [6.07, 6.45) is 2.30. The van der Waals surface area contributed by atoms with E-state index in [-0.39, 0.29) is 51.8 Å². The molecule has 206 valence electrons. The number of hydrogen-bond donors (Lipinski definition) is 3. The quantitative estimate of drug-likeness (QED) is 0.0902. The molecule has 2 aliphatic rings. The molecule has 2 aliphatic heterocycles. The number of carboxylic acid groups (broad SMARTS) is 1. The van der Waals surface area contributed by atoms with Crippen LogP contribution >= 0.6 is 34.9 Å². The van der Waals surface area contributed by atoms with Crippen molar-refractivity contribution in [2.24, 2.45) is 5.16 Å². The van der Waals surface area contributed by atoms with E-state index < -0.39 is 41.7 Å². The summed E-state index contributed by atoms with van der Waals surface area (Å²) in [5.41, 5.74) is 8.13. The van der Waals surface area contributed by atoms with E-state index in [2.05, 4.69) is 25.3 Å². The Kier molecular flexibility index (Phi) is 11.8. The molecule has 18 heteroatoms. The zero-order valence-corrected chi connectivity index (χ0v) is 25.8. The Labute approximate surface area is 262 Å². The number of amides is 3. The predicted molar refractivity (Wildman–Crippen MR) is 142 cm³/mol. The number of carbonyl (C=O) groups is 4. The maximum Gasteiger partial charge on any atom is 1.00 e. The third-order valence-electron chi connectivity index (χ3n) is 5.32. The van der Waals surface area contributed by atoms with Gasteiger partial charge in [0.1, 0.15) is 17.1 Å². The number of β-lactam (4-membered cyclic amide) rings is 1. The topological polar surface area (TPSA) is 201 Å². The molecule has 40 heavy (non-hydrogen) atoms. The first-order chi connectivity index (χ1) is 18.8. The van der Waals surface area contributed by atoms with E-state index in [1.165, 1.54) is 36.0 Å². The Balaban J connectivity index is 0.00000441. The molecule has 0 radical (unpaired) electrons. The number of thioether (sulfide) groups is 2. The predicted octanol–water partition coefficient (Wildman–Crippen LogP) is -4.14. The third-order valence-corrected chi connectivity index (χ3v) is 8.55.